The highest BCUT2D eigenvalue weighted by Crippen LogP contribution is 2.39. The quantitative estimate of drug-likeness (QED) is 0.680. The summed E-state index contributed by atoms with van der Waals surface area (Å²) in [6.07, 6.45) is 7.09. The molecule has 0 aromatic carbocycles. The van der Waals surface area contributed by atoms with Crippen LogP contribution in [0.15, 0.2) is 11.1 Å². The summed E-state index contributed by atoms with van der Waals surface area (Å²) < 4.78 is 0. The van der Waals surface area contributed by atoms with Crippen molar-refractivity contribution < 1.29 is 9.59 Å². The predicted octanol–water partition coefficient (Wildman–Crippen LogP) is 3.05. The molecule has 1 saturated carbocycles. The van der Waals surface area contributed by atoms with E-state index in [9.17, 15) is 9.59 Å². The van der Waals surface area contributed by atoms with Gasteiger partial charge in [-0.05, 0) is 43.9 Å². The SMILES string of the molecule is C[C@@H]1[C@H](C)CCC[C@H]1N1C(=O)C2=C(CCCC2)C1=O. The Morgan fingerprint density at radius 2 is 1.47 bits per heavy atom. The maximum atomic E-state index is 12.5. The Morgan fingerprint density at radius 1 is 0.895 bits per heavy atom. The molecule has 3 rings (SSSR count). The van der Waals surface area contributed by atoms with Gasteiger partial charge in [-0.2, -0.15) is 0 Å². The minimum Gasteiger partial charge on any atom is -0.272 e. The topological polar surface area (TPSA) is 37.4 Å². The lowest BCUT2D eigenvalue weighted by Crippen LogP contribution is -2.47. The van der Waals surface area contributed by atoms with Crippen LogP contribution in [0.25, 0.3) is 0 Å². The maximum Gasteiger partial charge on any atom is 0.257 e. The van der Waals surface area contributed by atoms with Gasteiger partial charge in [-0.25, -0.2) is 0 Å². The van der Waals surface area contributed by atoms with Crippen LogP contribution >= 0.6 is 0 Å². The van der Waals surface area contributed by atoms with Crippen LogP contribution < -0.4 is 0 Å². The first kappa shape index (κ1) is 12.9. The zero-order valence-electron chi connectivity index (χ0n) is 11.9. The van der Waals surface area contributed by atoms with E-state index in [0.29, 0.717) is 11.8 Å². The lowest BCUT2D eigenvalue weighted by molar-refractivity contribution is -0.143. The third kappa shape index (κ3) is 1.94. The fraction of sp³-hybridized carbons (Fsp3) is 0.750. The van der Waals surface area contributed by atoms with Crippen molar-refractivity contribution in [1.29, 1.82) is 0 Å². The summed E-state index contributed by atoms with van der Waals surface area (Å²) in [6, 6.07) is 0.134. The van der Waals surface area contributed by atoms with Crippen LogP contribution in [0.1, 0.15) is 58.8 Å². The highest BCUT2D eigenvalue weighted by atomic mass is 16.2. The Bertz CT molecular complexity index is 424. The summed E-state index contributed by atoms with van der Waals surface area (Å²) in [5.74, 6) is 1.11. The minimum atomic E-state index is 0.0330. The lowest BCUT2D eigenvalue weighted by atomic mass is 9.77. The van der Waals surface area contributed by atoms with Crippen molar-refractivity contribution >= 4 is 11.8 Å². The zero-order chi connectivity index (χ0) is 13.6. The smallest absolute Gasteiger partial charge is 0.257 e. The van der Waals surface area contributed by atoms with E-state index in [4.69, 9.17) is 0 Å². The molecule has 0 bridgehead atoms. The average molecular weight is 261 g/mol. The van der Waals surface area contributed by atoms with Gasteiger partial charge >= 0.3 is 0 Å². The Kier molecular flexibility index (Phi) is 3.23. The average Bonchev–Trinajstić information content (AvgIpc) is 2.67. The van der Waals surface area contributed by atoms with Crippen molar-refractivity contribution in [2.24, 2.45) is 11.8 Å². The number of hydrogen-bond acceptors (Lipinski definition) is 2. The molecule has 1 heterocycles. The normalized spacial score (nSPS) is 35.9. The first-order valence-electron chi connectivity index (χ1n) is 7.71. The molecular weight excluding hydrogens is 238 g/mol. The summed E-state index contributed by atoms with van der Waals surface area (Å²) in [7, 11) is 0. The monoisotopic (exact) mass is 261 g/mol. The highest BCUT2D eigenvalue weighted by Gasteiger charge is 2.45. The van der Waals surface area contributed by atoms with Crippen LogP contribution in [0, 0.1) is 11.8 Å². The second-order valence-corrected chi connectivity index (χ2v) is 6.48. The van der Waals surface area contributed by atoms with Crippen molar-refractivity contribution in [3.8, 4) is 0 Å². The molecule has 3 atom stereocenters. The molecule has 2 amide bonds. The zero-order valence-corrected chi connectivity index (χ0v) is 11.9. The van der Waals surface area contributed by atoms with Crippen LogP contribution in [0.2, 0.25) is 0 Å². The second-order valence-electron chi connectivity index (χ2n) is 6.48. The van der Waals surface area contributed by atoms with E-state index >= 15 is 0 Å². The van der Waals surface area contributed by atoms with Crippen molar-refractivity contribution in [2.75, 3.05) is 0 Å². The highest BCUT2D eigenvalue weighted by molar-refractivity contribution is 6.19. The van der Waals surface area contributed by atoms with Gasteiger partial charge in [-0.15, -0.1) is 0 Å². The lowest BCUT2D eigenvalue weighted by Gasteiger charge is -2.39. The molecule has 104 valence electrons. The van der Waals surface area contributed by atoms with Crippen LogP contribution in [-0.2, 0) is 9.59 Å². The number of hydrogen-bond donors (Lipinski definition) is 0. The van der Waals surface area contributed by atoms with Crippen molar-refractivity contribution in [3.63, 3.8) is 0 Å². The number of rotatable bonds is 1. The van der Waals surface area contributed by atoms with Gasteiger partial charge in [-0.1, -0.05) is 26.7 Å². The summed E-state index contributed by atoms with van der Waals surface area (Å²) in [5.41, 5.74) is 1.67. The fourth-order valence-corrected chi connectivity index (χ4v) is 3.98. The summed E-state index contributed by atoms with van der Waals surface area (Å²) in [6.45, 7) is 4.45. The molecule has 3 aliphatic rings. The molecule has 2 aliphatic carbocycles. The Hall–Kier alpha value is -1.12. The number of nitrogens with zero attached hydrogens (tertiary/aromatic N) is 1. The molecule has 3 heteroatoms. The minimum absolute atomic E-state index is 0.0330. The molecule has 19 heavy (non-hydrogen) atoms. The van der Waals surface area contributed by atoms with E-state index in [1.807, 2.05) is 0 Å². The van der Waals surface area contributed by atoms with Gasteiger partial charge in [0.1, 0.15) is 0 Å². The number of imide groups is 1. The molecule has 0 N–H and O–H groups in total. The van der Waals surface area contributed by atoms with E-state index in [-0.39, 0.29) is 17.9 Å². The Labute approximate surface area is 115 Å². The van der Waals surface area contributed by atoms with Crippen LogP contribution in [0.5, 0.6) is 0 Å². The van der Waals surface area contributed by atoms with E-state index in [0.717, 1.165) is 49.7 Å². The summed E-state index contributed by atoms with van der Waals surface area (Å²) in [4.78, 5) is 26.7. The Balaban J connectivity index is 1.87. The van der Waals surface area contributed by atoms with Gasteiger partial charge in [0.15, 0.2) is 0 Å². The van der Waals surface area contributed by atoms with Gasteiger partial charge in [-0.3, -0.25) is 14.5 Å². The standard InChI is InChI=1S/C16H23NO2/c1-10-6-5-9-14(11(10)2)17-15(18)12-7-3-4-8-13(12)16(17)19/h10-11,14H,3-9H2,1-2H3/t10-,11-,14-/m1/s1. The van der Waals surface area contributed by atoms with Crippen LogP contribution in [0.3, 0.4) is 0 Å². The number of carbonyl (C=O) groups excluding carboxylic acids is 2. The van der Waals surface area contributed by atoms with Gasteiger partial charge < -0.3 is 0 Å². The van der Waals surface area contributed by atoms with Crippen molar-refractivity contribution in [3.05, 3.63) is 11.1 Å². The van der Waals surface area contributed by atoms with Crippen LogP contribution in [-0.4, -0.2) is 22.8 Å². The molecule has 0 aromatic heterocycles. The van der Waals surface area contributed by atoms with E-state index < -0.39 is 0 Å². The van der Waals surface area contributed by atoms with Gasteiger partial charge in [0, 0.05) is 17.2 Å². The molecule has 0 unspecified atom stereocenters. The fourth-order valence-electron chi connectivity index (χ4n) is 3.98. The second kappa shape index (κ2) is 4.77. The largest absolute Gasteiger partial charge is 0.272 e. The molecule has 0 spiro atoms. The van der Waals surface area contributed by atoms with Crippen molar-refractivity contribution in [1.82, 2.24) is 4.90 Å². The summed E-state index contributed by atoms with van der Waals surface area (Å²) >= 11 is 0. The number of amides is 2. The predicted molar refractivity (Wildman–Crippen MR) is 73.3 cm³/mol. The third-order valence-corrected chi connectivity index (χ3v) is 5.42. The molecule has 1 fully saturated rings. The van der Waals surface area contributed by atoms with Crippen LogP contribution in [0.4, 0.5) is 0 Å². The molecule has 3 nitrogen and oxygen atoms in total. The van der Waals surface area contributed by atoms with Gasteiger partial charge in [0.2, 0.25) is 0 Å². The van der Waals surface area contributed by atoms with Crippen molar-refractivity contribution in [2.45, 2.75) is 64.8 Å². The Morgan fingerprint density at radius 3 is 2.05 bits per heavy atom. The van der Waals surface area contributed by atoms with E-state index in [1.54, 1.807) is 4.90 Å². The number of carbonyl (C=O) groups is 2. The maximum absolute atomic E-state index is 12.5. The molecule has 1 aliphatic heterocycles. The molecule has 0 aromatic rings. The van der Waals surface area contributed by atoms with Gasteiger partial charge in [0.25, 0.3) is 11.8 Å². The first-order chi connectivity index (χ1) is 9.11. The molecular formula is C16H23NO2. The van der Waals surface area contributed by atoms with E-state index in [2.05, 4.69) is 13.8 Å². The molecule has 0 radical (unpaired) electrons. The third-order valence-electron chi connectivity index (χ3n) is 5.42. The van der Waals surface area contributed by atoms with E-state index in [1.165, 1.54) is 6.42 Å². The molecule has 0 saturated heterocycles. The summed E-state index contributed by atoms with van der Waals surface area (Å²) in [5, 5.41) is 0. The van der Waals surface area contributed by atoms with Gasteiger partial charge in [0.05, 0.1) is 0 Å². The first-order valence-corrected chi connectivity index (χ1v) is 7.71.